The van der Waals surface area contributed by atoms with Gasteiger partial charge in [0.1, 0.15) is 11.5 Å². The second kappa shape index (κ2) is 6.59. The van der Waals surface area contributed by atoms with E-state index in [1.54, 1.807) is 13.2 Å². The maximum atomic E-state index is 12.0. The molecule has 3 aromatic rings. The molecule has 0 fully saturated rings. The molecule has 0 aromatic heterocycles. The largest absolute Gasteiger partial charge is 0.507 e. The first-order valence-corrected chi connectivity index (χ1v) is 7.68. The number of ketones is 1. The average molecular weight is 318 g/mol. The van der Waals surface area contributed by atoms with Crippen molar-refractivity contribution >= 4 is 5.78 Å². The van der Waals surface area contributed by atoms with Gasteiger partial charge < -0.3 is 9.84 Å². The maximum absolute atomic E-state index is 12.0. The van der Waals surface area contributed by atoms with Crippen LogP contribution >= 0.6 is 0 Å². The molecule has 3 rings (SSSR count). The van der Waals surface area contributed by atoms with E-state index < -0.39 is 0 Å². The molecule has 0 aliphatic heterocycles. The molecule has 0 saturated carbocycles. The normalized spacial score (nSPS) is 10.4. The maximum Gasteiger partial charge on any atom is 0.164 e. The van der Waals surface area contributed by atoms with Gasteiger partial charge in [0.15, 0.2) is 5.78 Å². The van der Waals surface area contributed by atoms with E-state index in [9.17, 15) is 9.90 Å². The number of carbonyl (C=O) groups excluding carboxylic acids is 1. The van der Waals surface area contributed by atoms with Crippen molar-refractivity contribution in [3.8, 4) is 33.8 Å². The van der Waals surface area contributed by atoms with E-state index in [1.165, 1.54) is 6.92 Å². The van der Waals surface area contributed by atoms with Gasteiger partial charge in [0.2, 0.25) is 0 Å². The van der Waals surface area contributed by atoms with Crippen LogP contribution in [0.5, 0.6) is 11.5 Å². The summed E-state index contributed by atoms with van der Waals surface area (Å²) in [5.41, 5.74) is 3.76. The van der Waals surface area contributed by atoms with Crippen LogP contribution in [0, 0.1) is 0 Å². The number of carbonyl (C=O) groups is 1. The zero-order chi connectivity index (χ0) is 17.1. The van der Waals surface area contributed by atoms with Crippen molar-refractivity contribution < 1.29 is 14.6 Å². The summed E-state index contributed by atoms with van der Waals surface area (Å²) in [5.74, 6) is 0.605. The summed E-state index contributed by atoms with van der Waals surface area (Å²) in [6.45, 7) is 1.47. The third kappa shape index (κ3) is 3.01. The fourth-order valence-electron chi connectivity index (χ4n) is 2.79. The molecule has 24 heavy (non-hydrogen) atoms. The summed E-state index contributed by atoms with van der Waals surface area (Å²) >= 11 is 0. The third-order valence-corrected chi connectivity index (χ3v) is 3.98. The Bertz CT molecular complexity index is 866. The SMILES string of the molecule is COc1ccc(-c2cc(O)c(C(C)=O)c(-c3ccccc3)c2)cc1. The van der Waals surface area contributed by atoms with Crippen LogP contribution in [0.1, 0.15) is 17.3 Å². The van der Waals surface area contributed by atoms with Crippen molar-refractivity contribution in [2.24, 2.45) is 0 Å². The van der Waals surface area contributed by atoms with Gasteiger partial charge in [-0.15, -0.1) is 0 Å². The minimum absolute atomic E-state index is 0.00493. The number of rotatable bonds is 4. The molecular formula is C21H18O3. The second-order valence-corrected chi connectivity index (χ2v) is 5.57. The van der Waals surface area contributed by atoms with E-state index in [-0.39, 0.29) is 11.5 Å². The van der Waals surface area contributed by atoms with Crippen molar-refractivity contribution in [2.75, 3.05) is 7.11 Å². The predicted molar refractivity (Wildman–Crippen MR) is 95.5 cm³/mol. The van der Waals surface area contributed by atoms with E-state index >= 15 is 0 Å². The molecule has 120 valence electrons. The molecule has 0 aliphatic carbocycles. The average Bonchev–Trinajstić information content (AvgIpc) is 2.61. The van der Waals surface area contributed by atoms with Crippen LogP contribution in [0.15, 0.2) is 66.7 Å². The van der Waals surface area contributed by atoms with Gasteiger partial charge in [-0.2, -0.15) is 0 Å². The van der Waals surface area contributed by atoms with Gasteiger partial charge >= 0.3 is 0 Å². The second-order valence-electron chi connectivity index (χ2n) is 5.57. The van der Waals surface area contributed by atoms with Crippen molar-refractivity contribution in [1.29, 1.82) is 0 Å². The van der Waals surface area contributed by atoms with E-state index in [2.05, 4.69) is 0 Å². The molecule has 3 aromatic carbocycles. The molecule has 0 heterocycles. The Labute approximate surface area is 141 Å². The quantitative estimate of drug-likeness (QED) is 0.693. The van der Waals surface area contributed by atoms with E-state index in [1.807, 2.05) is 60.7 Å². The summed E-state index contributed by atoms with van der Waals surface area (Å²) in [6.07, 6.45) is 0. The molecule has 0 radical (unpaired) electrons. The molecule has 1 N–H and O–H groups in total. The Balaban J connectivity index is 2.19. The number of phenolic OH excluding ortho intramolecular Hbond substituents is 1. The topological polar surface area (TPSA) is 46.5 Å². The van der Waals surface area contributed by atoms with Crippen LogP contribution in [0.3, 0.4) is 0 Å². The summed E-state index contributed by atoms with van der Waals surface area (Å²) < 4.78 is 5.18. The smallest absolute Gasteiger partial charge is 0.164 e. The zero-order valence-electron chi connectivity index (χ0n) is 13.6. The monoisotopic (exact) mass is 318 g/mol. The van der Waals surface area contributed by atoms with E-state index in [0.29, 0.717) is 5.56 Å². The number of phenols is 1. The van der Waals surface area contributed by atoms with Gasteiger partial charge in [0.25, 0.3) is 0 Å². The Morgan fingerprint density at radius 3 is 2.12 bits per heavy atom. The lowest BCUT2D eigenvalue weighted by Crippen LogP contribution is -1.98. The lowest BCUT2D eigenvalue weighted by Gasteiger charge is -2.13. The van der Waals surface area contributed by atoms with Crippen LogP contribution in [0.2, 0.25) is 0 Å². The summed E-state index contributed by atoms with van der Waals surface area (Å²) in [4.78, 5) is 12.0. The summed E-state index contributed by atoms with van der Waals surface area (Å²) in [5, 5.41) is 10.4. The van der Waals surface area contributed by atoms with Crippen molar-refractivity contribution in [3.63, 3.8) is 0 Å². The van der Waals surface area contributed by atoms with E-state index in [4.69, 9.17) is 4.74 Å². The predicted octanol–water partition coefficient (Wildman–Crippen LogP) is 4.94. The van der Waals surface area contributed by atoms with Gasteiger partial charge in [0, 0.05) is 0 Å². The van der Waals surface area contributed by atoms with E-state index in [0.717, 1.165) is 28.0 Å². The van der Waals surface area contributed by atoms with Gasteiger partial charge in [-0.3, -0.25) is 4.79 Å². The Morgan fingerprint density at radius 1 is 0.875 bits per heavy atom. The Kier molecular flexibility index (Phi) is 4.34. The number of methoxy groups -OCH3 is 1. The molecule has 3 heteroatoms. The molecule has 3 nitrogen and oxygen atoms in total. The molecular weight excluding hydrogens is 300 g/mol. The lowest BCUT2D eigenvalue weighted by atomic mass is 9.92. The van der Waals surface area contributed by atoms with Gasteiger partial charge in [-0.05, 0) is 53.4 Å². The minimum Gasteiger partial charge on any atom is -0.507 e. The van der Waals surface area contributed by atoms with Crippen molar-refractivity contribution in [2.45, 2.75) is 6.92 Å². The first-order valence-electron chi connectivity index (χ1n) is 7.68. The number of ether oxygens (including phenoxy) is 1. The highest BCUT2D eigenvalue weighted by molar-refractivity contribution is 6.04. The molecule has 0 atom stereocenters. The van der Waals surface area contributed by atoms with Gasteiger partial charge in [0.05, 0.1) is 12.7 Å². The third-order valence-electron chi connectivity index (χ3n) is 3.98. The van der Waals surface area contributed by atoms with Crippen molar-refractivity contribution in [3.05, 3.63) is 72.3 Å². The van der Waals surface area contributed by atoms with Crippen LogP contribution < -0.4 is 4.74 Å². The Hall–Kier alpha value is -3.07. The molecule has 0 unspecified atom stereocenters. The highest BCUT2D eigenvalue weighted by atomic mass is 16.5. The highest BCUT2D eigenvalue weighted by Crippen LogP contribution is 2.36. The number of aromatic hydroxyl groups is 1. The number of benzene rings is 3. The fourth-order valence-corrected chi connectivity index (χ4v) is 2.79. The molecule has 0 amide bonds. The highest BCUT2D eigenvalue weighted by Gasteiger charge is 2.16. The summed E-state index contributed by atoms with van der Waals surface area (Å²) in [7, 11) is 1.62. The van der Waals surface area contributed by atoms with Crippen molar-refractivity contribution in [1.82, 2.24) is 0 Å². The standard InChI is InChI=1S/C21H18O3/c1-14(22)21-19(16-6-4-3-5-7-16)12-17(13-20(21)23)15-8-10-18(24-2)11-9-15/h3-13,23H,1-2H3. The van der Waals surface area contributed by atoms with Crippen LogP contribution in [0.4, 0.5) is 0 Å². The van der Waals surface area contributed by atoms with Crippen LogP contribution in [-0.2, 0) is 0 Å². The molecule has 0 aliphatic rings. The number of Topliss-reactive ketones (excluding diaryl/α,β-unsaturated/α-hetero) is 1. The van der Waals surface area contributed by atoms with Crippen LogP contribution in [-0.4, -0.2) is 18.0 Å². The van der Waals surface area contributed by atoms with Gasteiger partial charge in [-0.1, -0.05) is 42.5 Å². The molecule has 0 spiro atoms. The first kappa shape index (κ1) is 15.8. The lowest BCUT2D eigenvalue weighted by molar-refractivity contribution is 0.101. The summed E-state index contributed by atoms with van der Waals surface area (Å²) in [6, 6.07) is 20.8. The zero-order valence-corrected chi connectivity index (χ0v) is 13.6. The number of hydrogen-bond acceptors (Lipinski definition) is 3. The van der Waals surface area contributed by atoms with Gasteiger partial charge in [-0.25, -0.2) is 0 Å². The minimum atomic E-state index is -0.160. The molecule has 0 saturated heterocycles. The van der Waals surface area contributed by atoms with Crippen LogP contribution in [0.25, 0.3) is 22.3 Å². The first-order chi connectivity index (χ1) is 11.6. The molecule has 0 bridgehead atoms. The number of hydrogen-bond donors (Lipinski definition) is 1. The Morgan fingerprint density at radius 2 is 1.54 bits per heavy atom. The fraction of sp³-hybridized carbons (Fsp3) is 0.0952.